The van der Waals surface area contributed by atoms with Crippen molar-refractivity contribution in [3.8, 4) is 5.75 Å². The molecule has 0 unspecified atom stereocenters. The topological polar surface area (TPSA) is 116 Å². The molecule has 4 rings (SSSR count). The molecule has 10 heteroatoms. The lowest BCUT2D eigenvalue weighted by Crippen LogP contribution is -2.51. The molecule has 2 N–H and O–H groups in total. The SMILES string of the molecule is CN1CCC(Oc2ccc(C[C@H](NC(=O)[C@@H]3CCCN3S(=O)(=O)Cc3ccccc3)C(=O)O)cc2)CC1. The molecule has 0 aromatic heterocycles. The van der Waals surface area contributed by atoms with E-state index >= 15 is 0 Å². The number of amides is 1. The Balaban J connectivity index is 1.36. The Morgan fingerprint density at radius 3 is 2.32 bits per heavy atom. The Kier molecular flexibility index (Phi) is 8.83. The number of aliphatic carboxylic acids is 1. The first-order valence-corrected chi connectivity index (χ1v) is 14.3. The van der Waals surface area contributed by atoms with Gasteiger partial charge in [-0.25, -0.2) is 13.2 Å². The van der Waals surface area contributed by atoms with Crippen LogP contribution in [0.3, 0.4) is 0 Å². The fraction of sp³-hybridized carbons (Fsp3) is 0.481. The number of carbonyl (C=O) groups is 2. The molecule has 37 heavy (non-hydrogen) atoms. The van der Waals surface area contributed by atoms with Crippen LogP contribution in [0.25, 0.3) is 0 Å². The highest BCUT2D eigenvalue weighted by molar-refractivity contribution is 7.88. The number of benzene rings is 2. The van der Waals surface area contributed by atoms with Gasteiger partial charge in [-0.15, -0.1) is 0 Å². The van der Waals surface area contributed by atoms with Crippen molar-refractivity contribution in [3.05, 3.63) is 65.7 Å². The van der Waals surface area contributed by atoms with Gasteiger partial charge in [0.25, 0.3) is 0 Å². The van der Waals surface area contributed by atoms with Crippen molar-refractivity contribution >= 4 is 21.9 Å². The molecule has 1 amide bonds. The van der Waals surface area contributed by atoms with Gasteiger partial charge >= 0.3 is 5.97 Å². The predicted molar refractivity (Wildman–Crippen MR) is 140 cm³/mol. The number of carboxylic acids is 1. The maximum Gasteiger partial charge on any atom is 0.326 e. The number of carboxylic acid groups (broad SMARTS) is 1. The maximum atomic E-state index is 13.1. The average molecular weight is 530 g/mol. The summed E-state index contributed by atoms with van der Waals surface area (Å²) in [6.45, 7) is 2.23. The van der Waals surface area contributed by atoms with Crippen molar-refractivity contribution in [2.24, 2.45) is 0 Å². The fourth-order valence-electron chi connectivity index (χ4n) is 4.91. The van der Waals surface area contributed by atoms with Crippen LogP contribution in [0.1, 0.15) is 36.8 Å². The van der Waals surface area contributed by atoms with E-state index < -0.39 is 34.0 Å². The van der Waals surface area contributed by atoms with Crippen molar-refractivity contribution in [1.29, 1.82) is 0 Å². The quantitative estimate of drug-likeness (QED) is 0.485. The van der Waals surface area contributed by atoms with Gasteiger partial charge in [-0.05, 0) is 56.0 Å². The van der Waals surface area contributed by atoms with E-state index in [9.17, 15) is 23.1 Å². The summed E-state index contributed by atoms with van der Waals surface area (Å²) in [6.07, 6.45) is 3.08. The van der Waals surface area contributed by atoms with Gasteiger partial charge in [-0.2, -0.15) is 4.31 Å². The van der Waals surface area contributed by atoms with E-state index in [0.29, 0.717) is 18.4 Å². The van der Waals surface area contributed by atoms with E-state index in [0.717, 1.165) is 37.2 Å². The summed E-state index contributed by atoms with van der Waals surface area (Å²) >= 11 is 0. The molecule has 0 radical (unpaired) electrons. The van der Waals surface area contributed by atoms with Crippen LogP contribution in [0, 0.1) is 0 Å². The van der Waals surface area contributed by atoms with Crippen LogP contribution in [-0.2, 0) is 31.8 Å². The Hall–Kier alpha value is -2.95. The molecule has 2 saturated heterocycles. The first-order valence-electron chi connectivity index (χ1n) is 12.7. The first kappa shape index (κ1) is 27.1. The van der Waals surface area contributed by atoms with Gasteiger partial charge in [0.1, 0.15) is 23.9 Å². The number of likely N-dealkylation sites (tertiary alicyclic amines) is 1. The second kappa shape index (κ2) is 12.1. The minimum Gasteiger partial charge on any atom is -0.490 e. The van der Waals surface area contributed by atoms with Gasteiger partial charge in [0.2, 0.25) is 15.9 Å². The van der Waals surface area contributed by atoms with Gasteiger partial charge in [0.15, 0.2) is 0 Å². The largest absolute Gasteiger partial charge is 0.490 e. The van der Waals surface area contributed by atoms with E-state index in [-0.39, 0.29) is 24.8 Å². The maximum absolute atomic E-state index is 13.1. The molecule has 2 heterocycles. The fourth-order valence-corrected chi connectivity index (χ4v) is 6.68. The van der Waals surface area contributed by atoms with E-state index in [2.05, 4.69) is 17.3 Å². The standard InChI is InChI=1S/C27H35N3O6S/c1-29-16-13-23(14-17-29)36-22-11-9-20(10-12-22)18-24(27(32)33)28-26(31)25-8-5-15-30(25)37(34,35)19-21-6-3-2-4-7-21/h2-4,6-7,9-12,23-25H,5,8,13-19H2,1H3,(H,28,31)(H,32,33)/t24-,25-/m0/s1. The minimum absolute atomic E-state index is 0.0824. The van der Waals surface area contributed by atoms with Crippen LogP contribution in [0.2, 0.25) is 0 Å². The molecular weight excluding hydrogens is 494 g/mol. The van der Waals surface area contributed by atoms with Gasteiger partial charge in [-0.1, -0.05) is 42.5 Å². The van der Waals surface area contributed by atoms with Crippen LogP contribution >= 0.6 is 0 Å². The third-order valence-electron chi connectivity index (χ3n) is 7.00. The van der Waals surface area contributed by atoms with Gasteiger partial charge in [0.05, 0.1) is 5.75 Å². The van der Waals surface area contributed by atoms with Crippen molar-refractivity contribution < 1.29 is 27.9 Å². The minimum atomic E-state index is -3.73. The van der Waals surface area contributed by atoms with Crippen molar-refractivity contribution in [2.45, 2.75) is 56.0 Å². The third-order valence-corrected chi connectivity index (χ3v) is 8.85. The summed E-state index contributed by atoms with van der Waals surface area (Å²) in [4.78, 5) is 27.3. The van der Waals surface area contributed by atoms with E-state index in [4.69, 9.17) is 4.74 Å². The summed E-state index contributed by atoms with van der Waals surface area (Å²) in [5.41, 5.74) is 1.38. The van der Waals surface area contributed by atoms with Crippen molar-refractivity contribution in [1.82, 2.24) is 14.5 Å². The number of rotatable bonds is 10. The summed E-state index contributed by atoms with van der Waals surface area (Å²) in [5, 5.41) is 12.3. The molecule has 200 valence electrons. The number of nitrogens with one attached hydrogen (secondary N) is 1. The molecule has 2 aromatic rings. The van der Waals surface area contributed by atoms with E-state index in [1.165, 1.54) is 4.31 Å². The number of ether oxygens (including phenoxy) is 1. The van der Waals surface area contributed by atoms with Crippen LogP contribution in [0.5, 0.6) is 5.75 Å². The lowest BCUT2D eigenvalue weighted by molar-refractivity contribution is -0.142. The average Bonchev–Trinajstić information content (AvgIpc) is 3.38. The molecule has 0 bridgehead atoms. The Labute approximate surface area is 218 Å². The first-order chi connectivity index (χ1) is 17.7. The lowest BCUT2D eigenvalue weighted by atomic mass is 10.0. The van der Waals surface area contributed by atoms with Crippen LogP contribution in [0.4, 0.5) is 0 Å². The summed E-state index contributed by atoms with van der Waals surface area (Å²) < 4.78 is 33.3. The molecule has 0 saturated carbocycles. The number of hydrogen-bond acceptors (Lipinski definition) is 6. The summed E-state index contributed by atoms with van der Waals surface area (Å²) in [7, 11) is -1.64. The Morgan fingerprint density at radius 1 is 1.00 bits per heavy atom. The zero-order valence-corrected chi connectivity index (χ0v) is 21.9. The number of carbonyl (C=O) groups excluding carboxylic acids is 1. The molecule has 9 nitrogen and oxygen atoms in total. The molecule has 0 spiro atoms. The molecule has 2 atom stereocenters. The highest BCUT2D eigenvalue weighted by atomic mass is 32.2. The summed E-state index contributed by atoms with van der Waals surface area (Å²) in [6, 6.07) is 14.0. The zero-order valence-electron chi connectivity index (χ0n) is 21.1. The van der Waals surface area contributed by atoms with Crippen LogP contribution in [0.15, 0.2) is 54.6 Å². The van der Waals surface area contributed by atoms with Crippen molar-refractivity contribution in [3.63, 3.8) is 0 Å². The smallest absolute Gasteiger partial charge is 0.326 e. The zero-order chi connectivity index (χ0) is 26.4. The molecule has 0 aliphatic carbocycles. The monoisotopic (exact) mass is 529 g/mol. The van der Waals surface area contributed by atoms with Gasteiger partial charge in [-0.3, -0.25) is 4.79 Å². The van der Waals surface area contributed by atoms with Crippen molar-refractivity contribution in [2.75, 3.05) is 26.7 Å². The Bertz CT molecular complexity index is 1160. The second-order valence-electron chi connectivity index (χ2n) is 9.88. The number of sulfonamides is 1. The van der Waals surface area contributed by atoms with E-state index in [1.54, 1.807) is 36.4 Å². The molecular formula is C27H35N3O6S. The number of piperidine rings is 1. The van der Waals surface area contributed by atoms with Gasteiger partial charge in [0, 0.05) is 26.1 Å². The van der Waals surface area contributed by atoms with Crippen LogP contribution < -0.4 is 10.1 Å². The number of hydrogen-bond donors (Lipinski definition) is 2. The lowest BCUT2D eigenvalue weighted by Gasteiger charge is -2.29. The Morgan fingerprint density at radius 2 is 1.68 bits per heavy atom. The second-order valence-corrected chi connectivity index (χ2v) is 11.8. The van der Waals surface area contributed by atoms with Gasteiger partial charge < -0.3 is 20.1 Å². The van der Waals surface area contributed by atoms with Crippen LogP contribution in [-0.4, -0.2) is 79.5 Å². The number of nitrogens with zero attached hydrogens (tertiary/aromatic N) is 2. The third kappa shape index (κ3) is 7.30. The highest BCUT2D eigenvalue weighted by Crippen LogP contribution is 2.24. The van der Waals surface area contributed by atoms with E-state index in [1.807, 2.05) is 18.2 Å². The molecule has 2 aliphatic rings. The molecule has 2 aliphatic heterocycles. The summed E-state index contributed by atoms with van der Waals surface area (Å²) in [5.74, 6) is -1.22. The normalized spacial score (nSPS) is 20.4. The predicted octanol–water partition coefficient (Wildman–Crippen LogP) is 2.27. The highest BCUT2D eigenvalue weighted by Gasteiger charge is 2.39. The molecule has 2 aromatic carbocycles. The molecule has 2 fully saturated rings.